The zero-order chi connectivity index (χ0) is 18.9. The number of ether oxygens (including phenoxy) is 2. The van der Waals surface area contributed by atoms with Gasteiger partial charge in [-0.2, -0.15) is 0 Å². The minimum absolute atomic E-state index is 0.138. The molecule has 0 aliphatic carbocycles. The summed E-state index contributed by atoms with van der Waals surface area (Å²) >= 11 is 1.33. The molecule has 0 aliphatic rings. The molecule has 1 N–H and O–H groups in total. The van der Waals surface area contributed by atoms with E-state index in [0.717, 1.165) is 12.0 Å². The Morgan fingerprint density at radius 2 is 2.00 bits per heavy atom. The number of hydrogen-bond acceptors (Lipinski definition) is 6. The van der Waals surface area contributed by atoms with E-state index >= 15 is 0 Å². The van der Waals surface area contributed by atoms with Gasteiger partial charge in [0.2, 0.25) is 0 Å². The molecule has 0 fully saturated rings. The third-order valence-electron chi connectivity index (χ3n) is 3.80. The summed E-state index contributed by atoms with van der Waals surface area (Å²) in [4.78, 5) is 17.9. The highest BCUT2D eigenvalue weighted by Gasteiger charge is 2.20. The number of hydrogen-bond donors (Lipinski definition) is 1. The van der Waals surface area contributed by atoms with Crippen LogP contribution in [0.15, 0.2) is 53.1 Å². The first-order valence-electron chi connectivity index (χ1n) is 8.74. The monoisotopic (exact) mass is 386 g/mol. The maximum Gasteiger partial charge on any atom is 0.263 e. The van der Waals surface area contributed by atoms with Crippen LogP contribution in [-0.2, 0) is 9.47 Å². The van der Waals surface area contributed by atoms with Crippen molar-refractivity contribution in [2.24, 2.45) is 0 Å². The predicted octanol–water partition coefficient (Wildman–Crippen LogP) is 3.85. The molecular formula is C20H22N2O4S. The van der Waals surface area contributed by atoms with Crippen LogP contribution in [0.5, 0.6) is 0 Å². The Balaban J connectivity index is 1.68. The molecule has 1 amide bonds. The quantitative estimate of drug-likeness (QED) is 0.536. The molecular weight excluding hydrogens is 364 g/mol. The Bertz CT molecular complexity index is 831. The zero-order valence-corrected chi connectivity index (χ0v) is 16.0. The Morgan fingerprint density at radius 1 is 1.15 bits per heavy atom. The van der Waals surface area contributed by atoms with Crippen molar-refractivity contribution in [3.05, 3.63) is 53.6 Å². The summed E-state index contributed by atoms with van der Waals surface area (Å²) < 4.78 is 15.8. The average molecular weight is 386 g/mol. The average Bonchev–Trinajstić information content (AvgIpc) is 3.37. The third kappa shape index (κ3) is 5.26. The van der Waals surface area contributed by atoms with E-state index in [1.54, 1.807) is 13.4 Å². The van der Waals surface area contributed by atoms with E-state index in [4.69, 9.17) is 13.9 Å². The molecule has 2 aromatic heterocycles. The van der Waals surface area contributed by atoms with E-state index in [1.165, 1.54) is 11.3 Å². The molecule has 0 bridgehead atoms. The lowest BCUT2D eigenvalue weighted by Crippen LogP contribution is -2.25. The highest BCUT2D eigenvalue weighted by molar-refractivity contribution is 7.17. The number of rotatable bonds is 10. The molecule has 1 aromatic carbocycles. The zero-order valence-electron chi connectivity index (χ0n) is 15.1. The van der Waals surface area contributed by atoms with Crippen LogP contribution in [0.3, 0.4) is 0 Å². The van der Waals surface area contributed by atoms with Crippen LogP contribution in [0.2, 0.25) is 0 Å². The molecule has 0 spiro atoms. The number of aromatic nitrogens is 1. The predicted molar refractivity (Wildman–Crippen MR) is 105 cm³/mol. The minimum atomic E-state index is -0.138. The second-order valence-corrected chi connectivity index (χ2v) is 6.75. The molecule has 0 saturated carbocycles. The molecule has 0 aliphatic heterocycles. The maximum absolute atomic E-state index is 12.7. The first-order chi connectivity index (χ1) is 13.3. The van der Waals surface area contributed by atoms with Gasteiger partial charge >= 0.3 is 0 Å². The lowest BCUT2D eigenvalue weighted by Gasteiger charge is -2.06. The van der Waals surface area contributed by atoms with Crippen LogP contribution >= 0.6 is 11.3 Å². The molecule has 0 saturated heterocycles. The first kappa shape index (κ1) is 19.3. The summed E-state index contributed by atoms with van der Waals surface area (Å²) in [5, 5.41) is 3.64. The second kappa shape index (κ2) is 10.0. The third-order valence-corrected chi connectivity index (χ3v) is 4.86. The van der Waals surface area contributed by atoms with Crippen LogP contribution < -0.4 is 5.32 Å². The van der Waals surface area contributed by atoms with Gasteiger partial charge in [-0.05, 0) is 18.6 Å². The van der Waals surface area contributed by atoms with Gasteiger partial charge in [-0.1, -0.05) is 30.3 Å². The van der Waals surface area contributed by atoms with Gasteiger partial charge in [0.05, 0.1) is 25.2 Å². The summed E-state index contributed by atoms with van der Waals surface area (Å²) in [6, 6.07) is 13.3. The summed E-state index contributed by atoms with van der Waals surface area (Å²) in [5.74, 6) is 0.517. The summed E-state index contributed by atoms with van der Waals surface area (Å²) in [5.41, 5.74) is 1.57. The van der Waals surface area contributed by atoms with E-state index in [9.17, 15) is 4.79 Å². The van der Waals surface area contributed by atoms with Crippen molar-refractivity contribution in [2.45, 2.75) is 6.42 Å². The van der Waals surface area contributed by atoms with Crippen LogP contribution in [0, 0.1) is 0 Å². The summed E-state index contributed by atoms with van der Waals surface area (Å²) in [6.07, 6.45) is 2.34. The molecule has 142 valence electrons. The highest BCUT2D eigenvalue weighted by atomic mass is 32.1. The van der Waals surface area contributed by atoms with Crippen LogP contribution in [0.4, 0.5) is 0 Å². The van der Waals surface area contributed by atoms with E-state index < -0.39 is 0 Å². The molecule has 27 heavy (non-hydrogen) atoms. The van der Waals surface area contributed by atoms with Crippen LogP contribution in [0.1, 0.15) is 16.1 Å². The number of amides is 1. The molecule has 0 atom stereocenters. The van der Waals surface area contributed by atoms with Gasteiger partial charge in [0.15, 0.2) is 10.8 Å². The number of nitrogens with one attached hydrogen (secondary N) is 1. The Labute approximate surface area is 162 Å². The fourth-order valence-corrected chi connectivity index (χ4v) is 3.44. The maximum atomic E-state index is 12.7. The van der Waals surface area contributed by atoms with Crippen molar-refractivity contribution in [1.29, 1.82) is 0 Å². The molecule has 0 radical (unpaired) electrons. The first-order valence-corrected chi connectivity index (χ1v) is 9.56. The topological polar surface area (TPSA) is 73.6 Å². The van der Waals surface area contributed by atoms with Crippen molar-refractivity contribution in [1.82, 2.24) is 10.3 Å². The van der Waals surface area contributed by atoms with E-state index in [-0.39, 0.29) is 5.91 Å². The molecule has 3 aromatic rings. The van der Waals surface area contributed by atoms with Crippen molar-refractivity contribution in [3.63, 3.8) is 0 Å². The van der Waals surface area contributed by atoms with Crippen molar-refractivity contribution in [2.75, 3.05) is 33.5 Å². The minimum Gasteiger partial charge on any atom is -0.462 e. The van der Waals surface area contributed by atoms with Gasteiger partial charge in [-0.15, -0.1) is 11.3 Å². The molecule has 0 unspecified atom stereocenters. The van der Waals surface area contributed by atoms with Gasteiger partial charge in [-0.25, -0.2) is 4.98 Å². The lowest BCUT2D eigenvalue weighted by atomic mass is 10.1. The summed E-state index contributed by atoms with van der Waals surface area (Å²) in [6.45, 7) is 2.25. The van der Waals surface area contributed by atoms with Gasteiger partial charge in [0.1, 0.15) is 4.88 Å². The van der Waals surface area contributed by atoms with Crippen molar-refractivity contribution < 1.29 is 18.7 Å². The van der Waals surface area contributed by atoms with Crippen molar-refractivity contribution in [3.8, 4) is 22.0 Å². The number of furan rings is 1. The van der Waals surface area contributed by atoms with E-state index in [2.05, 4.69) is 10.3 Å². The molecule has 2 heterocycles. The number of nitrogens with zero attached hydrogens (tertiary/aromatic N) is 1. The smallest absolute Gasteiger partial charge is 0.263 e. The Kier molecular flexibility index (Phi) is 7.15. The number of carbonyl (C=O) groups excluding carboxylic acids is 1. The fraction of sp³-hybridized carbons (Fsp3) is 0.300. The van der Waals surface area contributed by atoms with Gasteiger partial charge in [0.25, 0.3) is 5.91 Å². The highest BCUT2D eigenvalue weighted by Crippen LogP contribution is 2.34. The molecule has 3 rings (SSSR count). The lowest BCUT2D eigenvalue weighted by molar-refractivity contribution is 0.0688. The van der Waals surface area contributed by atoms with E-state index in [0.29, 0.717) is 47.7 Å². The number of methoxy groups -OCH3 is 1. The largest absolute Gasteiger partial charge is 0.462 e. The number of benzene rings is 1. The normalized spacial score (nSPS) is 10.9. The number of carbonyl (C=O) groups is 1. The van der Waals surface area contributed by atoms with Crippen molar-refractivity contribution >= 4 is 17.2 Å². The van der Waals surface area contributed by atoms with Gasteiger partial charge in [-0.3, -0.25) is 4.79 Å². The Hall–Kier alpha value is -2.48. The molecule has 6 nitrogen and oxygen atoms in total. The van der Waals surface area contributed by atoms with Gasteiger partial charge in [0, 0.05) is 25.8 Å². The Morgan fingerprint density at radius 3 is 2.74 bits per heavy atom. The van der Waals surface area contributed by atoms with Gasteiger partial charge < -0.3 is 19.2 Å². The van der Waals surface area contributed by atoms with Crippen LogP contribution in [0.25, 0.3) is 22.0 Å². The second-order valence-electron chi connectivity index (χ2n) is 5.75. The standard InChI is InChI=1S/C20H22N2O4S/c1-24-13-14-25-11-6-10-21-19(23)18-17(15-7-3-2-4-8-15)22-20(27-18)16-9-5-12-26-16/h2-5,7-9,12H,6,10-11,13-14H2,1H3,(H,21,23). The SMILES string of the molecule is COCCOCCCNC(=O)c1sc(-c2ccco2)nc1-c1ccccc1. The van der Waals surface area contributed by atoms with E-state index in [1.807, 2.05) is 42.5 Å². The molecule has 7 heteroatoms. The fourth-order valence-electron chi connectivity index (χ4n) is 2.47. The summed E-state index contributed by atoms with van der Waals surface area (Å²) in [7, 11) is 1.64. The van der Waals surface area contributed by atoms with Crippen LogP contribution in [-0.4, -0.2) is 44.4 Å². The number of thiazole rings is 1.